The molecule has 1 aliphatic rings. The zero-order valence-electron chi connectivity index (χ0n) is 18.0. The van der Waals surface area contributed by atoms with Gasteiger partial charge in [-0.05, 0) is 56.8 Å². The second-order valence-electron chi connectivity index (χ2n) is 8.25. The van der Waals surface area contributed by atoms with Crippen LogP contribution in [0.3, 0.4) is 0 Å². The van der Waals surface area contributed by atoms with E-state index < -0.39 is 0 Å². The van der Waals surface area contributed by atoms with Crippen molar-refractivity contribution >= 4 is 0 Å². The number of rotatable bonds is 8. The highest BCUT2D eigenvalue weighted by Gasteiger charge is 2.28. The molecule has 4 rings (SSSR count). The predicted octanol–water partition coefficient (Wildman–Crippen LogP) is 4.86. The van der Waals surface area contributed by atoms with Crippen molar-refractivity contribution < 1.29 is 4.74 Å². The van der Waals surface area contributed by atoms with Crippen LogP contribution in [0, 0.1) is 13.8 Å². The van der Waals surface area contributed by atoms with Crippen LogP contribution in [0.15, 0.2) is 60.7 Å². The maximum Gasteiger partial charge on any atom is 0.0932 e. The van der Waals surface area contributed by atoms with Crippen LogP contribution in [-0.2, 0) is 11.2 Å². The predicted molar refractivity (Wildman–Crippen MR) is 122 cm³/mol. The van der Waals surface area contributed by atoms with Crippen LogP contribution in [0.4, 0.5) is 0 Å². The smallest absolute Gasteiger partial charge is 0.0932 e. The van der Waals surface area contributed by atoms with E-state index in [0.717, 1.165) is 49.6 Å². The summed E-state index contributed by atoms with van der Waals surface area (Å²) in [6.07, 6.45) is 3.13. The highest BCUT2D eigenvalue weighted by Crippen LogP contribution is 2.28. The van der Waals surface area contributed by atoms with Gasteiger partial charge in [-0.3, -0.25) is 0 Å². The molecule has 0 radical (unpaired) electrons. The van der Waals surface area contributed by atoms with Crippen LogP contribution < -0.4 is 5.32 Å². The van der Waals surface area contributed by atoms with Crippen molar-refractivity contribution in [2.45, 2.75) is 45.1 Å². The lowest BCUT2D eigenvalue weighted by Crippen LogP contribution is -2.31. The Kier molecular flexibility index (Phi) is 6.88. The molecule has 0 aliphatic carbocycles. The van der Waals surface area contributed by atoms with E-state index in [1.165, 1.54) is 23.1 Å². The molecule has 2 heterocycles. The quantitative estimate of drug-likeness (QED) is 0.548. The molecule has 1 saturated heterocycles. The first-order chi connectivity index (χ1) is 14.7. The Labute approximate surface area is 179 Å². The molecule has 0 bridgehead atoms. The molecule has 156 valence electrons. The maximum atomic E-state index is 6.07. The number of ether oxygens (including phenoxy) is 1. The average molecular weight is 402 g/mol. The lowest BCUT2D eigenvalue weighted by atomic mass is 9.92. The van der Waals surface area contributed by atoms with E-state index in [-0.39, 0.29) is 0 Å². The van der Waals surface area contributed by atoms with Gasteiger partial charge in [-0.1, -0.05) is 60.2 Å². The number of nitrogens with zero attached hydrogens (tertiary/aromatic N) is 2. The van der Waals surface area contributed by atoms with Gasteiger partial charge < -0.3 is 10.1 Å². The van der Waals surface area contributed by atoms with E-state index in [1.807, 2.05) is 25.1 Å². The molecule has 2 atom stereocenters. The highest BCUT2D eigenvalue weighted by atomic mass is 16.5. The molecule has 4 heteroatoms. The van der Waals surface area contributed by atoms with Crippen molar-refractivity contribution in [1.29, 1.82) is 0 Å². The second-order valence-corrected chi connectivity index (χ2v) is 8.25. The topological polar surface area (TPSA) is 47.0 Å². The van der Waals surface area contributed by atoms with Crippen molar-refractivity contribution in [1.82, 2.24) is 15.5 Å². The van der Waals surface area contributed by atoms with Gasteiger partial charge in [0.05, 0.1) is 18.0 Å². The monoisotopic (exact) mass is 401 g/mol. The van der Waals surface area contributed by atoms with Crippen molar-refractivity contribution in [2.75, 3.05) is 19.8 Å². The van der Waals surface area contributed by atoms with E-state index in [4.69, 9.17) is 4.74 Å². The van der Waals surface area contributed by atoms with Gasteiger partial charge in [-0.25, -0.2) is 0 Å². The Hall–Kier alpha value is -2.56. The van der Waals surface area contributed by atoms with Crippen LogP contribution in [-0.4, -0.2) is 36.0 Å². The van der Waals surface area contributed by atoms with Gasteiger partial charge in [0.25, 0.3) is 0 Å². The Morgan fingerprint density at radius 1 is 1.00 bits per heavy atom. The van der Waals surface area contributed by atoms with Gasteiger partial charge in [0, 0.05) is 24.1 Å². The van der Waals surface area contributed by atoms with Crippen molar-refractivity contribution in [3.05, 3.63) is 83.0 Å². The van der Waals surface area contributed by atoms with E-state index >= 15 is 0 Å². The summed E-state index contributed by atoms with van der Waals surface area (Å²) in [7, 11) is 0. The molecule has 2 aromatic carbocycles. The zero-order valence-corrected chi connectivity index (χ0v) is 18.0. The molecular weight excluding hydrogens is 370 g/mol. The van der Waals surface area contributed by atoms with E-state index in [9.17, 15) is 0 Å². The molecule has 0 saturated carbocycles. The summed E-state index contributed by atoms with van der Waals surface area (Å²) in [4.78, 5) is 0. The number of hydrogen-bond donors (Lipinski definition) is 1. The third kappa shape index (κ3) is 5.13. The SMILES string of the molecule is Cc1ccc([C@H]2CCN[C@@H]2COCCCc2cc(-c3ccccc3)nnc2C)cc1. The van der Waals surface area contributed by atoms with Gasteiger partial charge in [0.2, 0.25) is 0 Å². The minimum atomic E-state index is 0.404. The van der Waals surface area contributed by atoms with Crippen LogP contribution in [0.1, 0.15) is 41.1 Å². The Morgan fingerprint density at radius 2 is 1.80 bits per heavy atom. The fourth-order valence-electron chi connectivity index (χ4n) is 4.22. The molecule has 1 fully saturated rings. The first-order valence-electron chi connectivity index (χ1n) is 11.0. The molecule has 1 aliphatic heterocycles. The van der Waals surface area contributed by atoms with Crippen LogP contribution in [0.5, 0.6) is 0 Å². The van der Waals surface area contributed by atoms with E-state index in [0.29, 0.717) is 12.0 Å². The molecular formula is C26H31N3O. The Morgan fingerprint density at radius 3 is 2.60 bits per heavy atom. The lowest BCUT2D eigenvalue weighted by Gasteiger charge is -2.20. The van der Waals surface area contributed by atoms with Crippen molar-refractivity contribution in [3.8, 4) is 11.3 Å². The zero-order chi connectivity index (χ0) is 20.8. The number of hydrogen-bond acceptors (Lipinski definition) is 4. The molecule has 1 N–H and O–H groups in total. The molecule has 1 aromatic heterocycles. The summed E-state index contributed by atoms with van der Waals surface area (Å²) in [5, 5.41) is 12.3. The summed E-state index contributed by atoms with van der Waals surface area (Å²) in [6, 6.07) is 21.8. The van der Waals surface area contributed by atoms with Crippen molar-refractivity contribution in [2.24, 2.45) is 0 Å². The molecule has 4 nitrogen and oxygen atoms in total. The van der Waals surface area contributed by atoms with Crippen LogP contribution >= 0.6 is 0 Å². The fourth-order valence-corrected chi connectivity index (χ4v) is 4.22. The molecule has 3 aromatic rings. The minimum absolute atomic E-state index is 0.404. The average Bonchev–Trinajstić information content (AvgIpc) is 3.24. The molecule has 0 spiro atoms. The van der Waals surface area contributed by atoms with Crippen molar-refractivity contribution in [3.63, 3.8) is 0 Å². The molecule has 0 unspecified atom stereocenters. The third-order valence-electron chi connectivity index (χ3n) is 6.04. The first-order valence-corrected chi connectivity index (χ1v) is 11.0. The third-order valence-corrected chi connectivity index (χ3v) is 6.04. The number of aryl methyl sites for hydroxylation is 3. The Balaban J connectivity index is 1.27. The Bertz CT molecular complexity index is 940. The maximum absolute atomic E-state index is 6.07. The molecule has 0 amide bonds. The lowest BCUT2D eigenvalue weighted by molar-refractivity contribution is 0.110. The number of aromatic nitrogens is 2. The molecule has 30 heavy (non-hydrogen) atoms. The van der Waals surface area contributed by atoms with Gasteiger partial charge in [-0.2, -0.15) is 10.2 Å². The standard InChI is InChI=1S/C26H31N3O/c1-19-10-12-21(13-11-19)24-14-15-27-26(24)18-30-16-6-9-23-17-25(29-28-20(23)2)22-7-4-3-5-8-22/h3-5,7-8,10-13,17,24,26-27H,6,9,14-16,18H2,1-2H3/t24-,26-/m1/s1. The number of nitrogens with one attached hydrogen (secondary N) is 1. The van der Waals surface area contributed by atoms with Gasteiger partial charge in [-0.15, -0.1) is 0 Å². The normalized spacial score (nSPS) is 18.6. The van der Waals surface area contributed by atoms with Gasteiger partial charge in [0.1, 0.15) is 0 Å². The summed E-state index contributed by atoms with van der Waals surface area (Å²) in [5.74, 6) is 0.547. The van der Waals surface area contributed by atoms with Gasteiger partial charge in [0.15, 0.2) is 0 Å². The fraction of sp³-hybridized carbons (Fsp3) is 0.385. The van der Waals surface area contributed by atoms with Crippen LogP contribution in [0.2, 0.25) is 0 Å². The highest BCUT2D eigenvalue weighted by molar-refractivity contribution is 5.59. The van der Waals surface area contributed by atoms with E-state index in [1.54, 1.807) is 0 Å². The van der Waals surface area contributed by atoms with Gasteiger partial charge >= 0.3 is 0 Å². The summed E-state index contributed by atoms with van der Waals surface area (Å²) >= 11 is 0. The first kappa shape index (κ1) is 20.7. The minimum Gasteiger partial charge on any atom is -0.380 e. The number of benzene rings is 2. The summed E-state index contributed by atoms with van der Waals surface area (Å²) in [6.45, 7) is 6.77. The largest absolute Gasteiger partial charge is 0.380 e. The summed E-state index contributed by atoms with van der Waals surface area (Å²) in [5.41, 5.74) is 7.04. The van der Waals surface area contributed by atoms with E-state index in [2.05, 4.69) is 64.9 Å². The second kappa shape index (κ2) is 9.96. The summed E-state index contributed by atoms with van der Waals surface area (Å²) < 4.78 is 6.07. The van der Waals surface area contributed by atoms with Crippen LogP contribution in [0.25, 0.3) is 11.3 Å².